The lowest BCUT2D eigenvalue weighted by atomic mass is 10.00. The van der Waals surface area contributed by atoms with E-state index in [2.05, 4.69) is 16.4 Å². The predicted octanol–water partition coefficient (Wildman–Crippen LogP) is 1.57. The van der Waals surface area contributed by atoms with Crippen molar-refractivity contribution < 1.29 is 9.53 Å². The summed E-state index contributed by atoms with van der Waals surface area (Å²) in [7, 11) is 1.44. The topological polar surface area (TPSA) is 54.1 Å². The van der Waals surface area contributed by atoms with Crippen LogP contribution < -0.4 is 5.32 Å². The third-order valence-corrected chi connectivity index (χ3v) is 3.58. The Morgan fingerprint density at radius 3 is 3.06 bits per heavy atom. The lowest BCUT2D eigenvalue weighted by Gasteiger charge is -2.12. The monoisotopic (exact) mass is 244 g/mol. The van der Waals surface area contributed by atoms with Gasteiger partial charge in [-0.2, -0.15) is 0 Å². The number of methoxy groups -OCH3 is 1. The average molecular weight is 244 g/mol. The molecule has 0 radical (unpaired) electrons. The van der Waals surface area contributed by atoms with Crippen LogP contribution in [0.25, 0.3) is 10.9 Å². The Morgan fingerprint density at radius 2 is 2.22 bits per heavy atom. The molecule has 0 unspecified atom stereocenters. The van der Waals surface area contributed by atoms with Crippen LogP contribution in [0.4, 0.5) is 0 Å². The van der Waals surface area contributed by atoms with Gasteiger partial charge in [-0.3, -0.25) is 4.79 Å². The van der Waals surface area contributed by atoms with Gasteiger partial charge in [0.05, 0.1) is 7.11 Å². The molecule has 1 aliphatic rings. The summed E-state index contributed by atoms with van der Waals surface area (Å²) >= 11 is 0. The second-order valence-electron chi connectivity index (χ2n) is 4.59. The van der Waals surface area contributed by atoms with Crippen molar-refractivity contribution in [3.63, 3.8) is 0 Å². The molecule has 0 fully saturated rings. The predicted molar refractivity (Wildman–Crippen MR) is 69.6 cm³/mol. The molecule has 1 aliphatic heterocycles. The van der Waals surface area contributed by atoms with E-state index in [-0.39, 0.29) is 11.9 Å². The lowest BCUT2D eigenvalue weighted by Crippen LogP contribution is -2.26. The molecule has 4 nitrogen and oxygen atoms in total. The molecule has 3 rings (SSSR count). The fraction of sp³-hybridized carbons (Fsp3) is 0.357. The number of hydrogen-bond acceptors (Lipinski definition) is 3. The van der Waals surface area contributed by atoms with Crippen LogP contribution in [0.2, 0.25) is 0 Å². The second-order valence-corrected chi connectivity index (χ2v) is 4.59. The number of carbonyl (C=O) groups is 1. The van der Waals surface area contributed by atoms with Gasteiger partial charge in [-0.05, 0) is 24.6 Å². The number of rotatable bonds is 1. The summed E-state index contributed by atoms with van der Waals surface area (Å²) < 4.78 is 4.90. The van der Waals surface area contributed by atoms with Gasteiger partial charge in [0, 0.05) is 23.1 Å². The minimum Gasteiger partial charge on any atom is -0.468 e. The number of hydrogen-bond donors (Lipinski definition) is 2. The van der Waals surface area contributed by atoms with Crippen molar-refractivity contribution in [1.29, 1.82) is 0 Å². The van der Waals surface area contributed by atoms with Gasteiger partial charge >= 0.3 is 5.97 Å². The summed E-state index contributed by atoms with van der Waals surface area (Å²) in [5, 5.41) is 4.50. The van der Waals surface area contributed by atoms with Crippen LogP contribution >= 0.6 is 0 Å². The fourth-order valence-corrected chi connectivity index (χ4v) is 2.69. The largest absolute Gasteiger partial charge is 0.468 e. The highest BCUT2D eigenvalue weighted by atomic mass is 16.5. The summed E-state index contributed by atoms with van der Waals surface area (Å²) in [4.78, 5) is 15.3. The number of aromatic amines is 1. The Labute approximate surface area is 105 Å². The van der Waals surface area contributed by atoms with Gasteiger partial charge in [0.2, 0.25) is 0 Å². The van der Waals surface area contributed by atoms with Crippen LogP contribution in [0.15, 0.2) is 24.3 Å². The zero-order valence-electron chi connectivity index (χ0n) is 10.3. The zero-order valence-corrected chi connectivity index (χ0v) is 10.3. The molecule has 0 bridgehead atoms. The number of benzene rings is 1. The molecule has 1 aromatic heterocycles. The van der Waals surface area contributed by atoms with Crippen molar-refractivity contribution in [2.75, 3.05) is 20.2 Å². The first-order chi connectivity index (χ1) is 8.81. The number of carbonyl (C=O) groups excluding carboxylic acids is 1. The van der Waals surface area contributed by atoms with E-state index in [1.54, 1.807) is 0 Å². The molecule has 18 heavy (non-hydrogen) atoms. The first-order valence-electron chi connectivity index (χ1n) is 6.19. The van der Waals surface area contributed by atoms with Crippen LogP contribution in [0.5, 0.6) is 0 Å². The van der Waals surface area contributed by atoms with Gasteiger partial charge in [0.1, 0.15) is 5.92 Å². The van der Waals surface area contributed by atoms with Crippen molar-refractivity contribution in [1.82, 2.24) is 10.3 Å². The van der Waals surface area contributed by atoms with Gasteiger partial charge in [-0.25, -0.2) is 0 Å². The zero-order chi connectivity index (χ0) is 12.5. The summed E-state index contributed by atoms with van der Waals surface area (Å²) in [6.07, 6.45) is 0.937. The fourth-order valence-electron chi connectivity index (χ4n) is 2.69. The maximum Gasteiger partial charge on any atom is 0.315 e. The Hall–Kier alpha value is -1.81. The Bertz CT molecular complexity index is 588. The van der Waals surface area contributed by atoms with Crippen molar-refractivity contribution in [3.05, 3.63) is 35.5 Å². The SMILES string of the molecule is COC(=O)[C@H]1CNCCc2c1[nH]c1ccccc21. The second kappa shape index (κ2) is 4.46. The van der Waals surface area contributed by atoms with Gasteiger partial charge in [0.25, 0.3) is 0 Å². The number of para-hydroxylation sites is 1. The highest BCUT2D eigenvalue weighted by Crippen LogP contribution is 2.30. The van der Waals surface area contributed by atoms with Crippen LogP contribution in [-0.2, 0) is 16.0 Å². The molecule has 94 valence electrons. The van der Waals surface area contributed by atoms with E-state index in [4.69, 9.17) is 4.74 Å². The van der Waals surface area contributed by atoms with E-state index >= 15 is 0 Å². The summed E-state index contributed by atoms with van der Waals surface area (Å²) in [5.41, 5.74) is 3.34. The van der Waals surface area contributed by atoms with Crippen LogP contribution in [-0.4, -0.2) is 31.2 Å². The Morgan fingerprint density at radius 1 is 1.39 bits per heavy atom. The summed E-state index contributed by atoms with van der Waals surface area (Å²) in [5.74, 6) is -0.419. The maximum absolute atomic E-state index is 11.9. The van der Waals surface area contributed by atoms with E-state index in [1.807, 2.05) is 18.2 Å². The molecule has 0 saturated carbocycles. The Balaban J connectivity index is 2.17. The highest BCUT2D eigenvalue weighted by molar-refractivity contribution is 5.88. The number of aromatic nitrogens is 1. The third-order valence-electron chi connectivity index (χ3n) is 3.58. The molecule has 0 aliphatic carbocycles. The number of fused-ring (bicyclic) bond motifs is 3. The van der Waals surface area contributed by atoms with Crippen molar-refractivity contribution in [2.45, 2.75) is 12.3 Å². The van der Waals surface area contributed by atoms with Crippen molar-refractivity contribution in [3.8, 4) is 0 Å². The normalized spacial score (nSPS) is 19.3. The van der Waals surface area contributed by atoms with E-state index < -0.39 is 0 Å². The number of esters is 1. The Kier molecular flexibility index (Phi) is 2.80. The molecule has 2 heterocycles. The lowest BCUT2D eigenvalue weighted by molar-refractivity contribution is -0.142. The molecule has 0 spiro atoms. The molecule has 1 atom stereocenters. The molecule has 2 aromatic rings. The molecule has 4 heteroatoms. The van der Waals surface area contributed by atoms with Gasteiger partial charge in [0.15, 0.2) is 0 Å². The maximum atomic E-state index is 11.9. The minimum atomic E-state index is -0.236. The average Bonchev–Trinajstić information content (AvgIpc) is 2.64. The third kappa shape index (κ3) is 1.69. The van der Waals surface area contributed by atoms with Crippen molar-refractivity contribution >= 4 is 16.9 Å². The van der Waals surface area contributed by atoms with Crippen LogP contribution in [0.3, 0.4) is 0 Å². The molecule has 0 amide bonds. The standard InChI is InChI=1S/C14H16N2O2/c1-18-14(17)11-8-15-7-6-10-9-4-2-3-5-12(9)16-13(10)11/h2-5,11,15-16H,6-8H2,1H3/t11-/m0/s1. The number of H-pyrrole nitrogens is 1. The van der Waals surface area contributed by atoms with Crippen LogP contribution in [0.1, 0.15) is 17.2 Å². The molecule has 2 N–H and O–H groups in total. The molecule has 1 aromatic carbocycles. The van der Waals surface area contributed by atoms with E-state index in [1.165, 1.54) is 18.1 Å². The van der Waals surface area contributed by atoms with E-state index in [0.717, 1.165) is 24.2 Å². The number of ether oxygens (including phenoxy) is 1. The minimum absolute atomic E-state index is 0.183. The summed E-state index contributed by atoms with van der Waals surface area (Å²) in [6, 6.07) is 8.18. The summed E-state index contributed by atoms with van der Waals surface area (Å²) in [6.45, 7) is 1.52. The highest BCUT2D eigenvalue weighted by Gasteiger charge is 2.28. The molecular formula is C14H16N2O2. The van der Waals surface area contributed by atoms with Crippen molar-refractivity contribution in [2.24, 2.45) is 0 Å². The van der Waals surface area contributed by atoms with E-state index in [9.17, 15) is 4.79 Å². The first kappa shape index (κ1) is 11.3. The van der Waals surface area contributed by atoms with E-state index in [0.29, 0.717) is 6.54 Å². The van der Waals surface area contributed by atoms with Gasteiger partial charge in [-0.15, -0.1) is 0 Å². The molecule has 0 saturated heterocycles. The quantitative estimate of drug-likeness (QED) is 0.749. The number of nitrogens with one attached hydrogen (secondary N) is 2. The van der Waals surface area contributed by atoms with Gasteiger partial charge < -0.3 is 15.0 Å². The van der Waals surface area contributed by atoms with Crippen LogP contribution in [0, 0.1) is 0 Å². The van der Waals surface area contributed by atoms with Gasteiger partial charge in [-0.1, -0.05) is 18.2 Å². The first-order valence-corrected chi connectivity index (χ1v) is 6.19. The molecular weight excluding hydrogens is 228 g/mol. The smallest absolute Gasteiger partial charge is 0.315 e.